The predicted molar refractivity (Wildman–Crippen MR) is 111 cm³/mol. The van der Waals surface area contributed by atoms with Crippen LogP contribution in [0.25, 0.3) is 5.69 Å². The smallest absolute Gasteiger partial charge is 0.335 e. The highest BCUT2D eigenvalue weighted by molar-refractivity contribution is 7.89. The molecule has 8 nitrogen and oxygen atoms in total. The first kappa shape index (κ1) is 22.2. The molecule has 162 valence electrons. The van der Waals surface area contributed by atoms with Crippen LogP contribution >= 0.6 is 0 Å². The van der Waals surface area contributed by atoms with Crippen LogP contribution < -0.4 is 10.3 Å². The van der Waals surface area contributed by atoms with Gasteiger partial charge in [-0.2, -0.15) is 0 Å². The molecule has 0 unspecified atom stereocenters. The van der Waals surface area contributed by atoms with Crippen LogP contribution in [0.1, 0.15) is 37.7 Å². The molecule has 1 aromatic heterocycles. The molecule has 0 saturated carbocycles. The van der Waals surface area contributed by atoms with E-state index in [0.29, 0.717) is 22.6 Å². The fourth-order valence-corrected chi connectivity index (χ4v) is 4.08. The number of hydrogen-bond donors (Lipinski definition) is 3. The van der Waals surface area contributed by atoms with Gasteiger partial charge in [-0.25, -0.2) is 17.6 Å². The van der Waals surface area contributed by atoms with Crippen molar-refractivity contribution in [3.8, 4) is 5.69 Å². The fourth-order valence-electron chi connectivity index (χ4n) is 3.22. The average Bonchev–Trinajstić information content (AvgIpc) is 3.01. The number of aromatic carboxylic acids is 1. The van der Waals surface area contributed by atoms with Gasteiger partial charge in [-0.05, 0) is 68.8 Å². The lowest BCUT2D eigenvalue weighted by molar-refractivity contribution is 0.0695. The number of nitrogens with one attached hydrogen (secondary N) is 2. The average molecular weight is 445 g/mol. The summed E-state index contributed by atoms with van der Waals surface area (Å²) in [5.41, 5.74) is 4.50. The molecule has 0 aliphatic heterocycles. The van der Waals surface area contributed by atoms with Gasteiger partial charge in [-0.15, -0.1) is 4.83 Å². The second-order valence-corrected chi connectivity index (χ2v) is 8.62. The van der Waals surface area contributed by atoms with E-state index in [0.717, 1.165) is 6.07 Å². The highest BCUT2D eigenvalue weighted by Crippen LogP contribution is 2.21. The molecule has 0 radical (unpaired) electrons. The van der Waals surface area contributed by atoms with Crippen molar-refractivity contribution in [3.63, 3.8) is 0 Å². The first-order valence-electron chi connectivity index (χ1n) is 9.12. The number of aromatic nitrogens is 1. The maximum Gasteiger partial charge on any atom is 0.335 e. The summed E-state index contributed by atoms with van der Waals surface area (Å²) in [7, 11) is -4.20. The molecule has 3 aromatic rings. The Labute approximate surface area is 178 Å². The normalized spacial score (nSPS) is 11.4. The first-order valence-corrected chi connectivity index (χ1v) is 10.6. The Kier molecular flexibility index (Phi) is 5.96. The Morgan fingerprint density at radius 3 is 2.23 bits per heavy atom. The molecule has 0 bridgehead atoms. The van der Waals surface area contributed by atoms with E-state index >= 15 is 0 Å². The fraction of sp³-hybridized carbons (Fsp3) is 0.143. The molecular formula is C21H20FN3O5S. The van der Waals surface area contributed by atoms with Crippen molar-refractivity contribution in [3.05, 3.63) is 82.4 Å². The number of sulfonamides is 1. The third-order valence-corrected chi connectivity index (χ3v) is 6.05. The van der Waals surface area contributed by atoms with Gasteiger partial charge in [0.1, 0.15) is 5.82 Å². The van der Waals surface area contributed by atoms with Crippen molar-refractivity contribution in [2.24, 2.45) is 0 Å². The standard InChI is InChI=1S/C21H20FN3O5S/c1-12-4-9-17(11-18(12)21(27)28)31(29,30)24-23-20(26)19-10-13(2)25(14(19)3)16-7-5-15(22)6-8-16/h4-11,24H,1-3H3,(H,23,26)(H,27,28). The molecule has 1 heterocycles. The molecular weight excluding hydrogens is 425 g/mol. The molecule has 10 heteroatoms. The van der Waals surface area contributed by atoms with Gasteiger partial charge in [-0.1, -0.05) is 6.07 Å². The number of benzene rings is 2. The Morgan fingerprint density at radius 1 is 0.968 bits per heavy atom. The van der Waals surface area contributed by atoms with Gasteiger partial charge in [-0.3, -0.25) is 10.2 Å². The zero-order valence-corrected chi connectivity index (χ0v) is 17.7. The number of carbonyl (C=O) groups is 2. The maximum absolute atomic E-state index is 13.2. The van der Waals surface area contributed by atoms with Crippen LogP contribution in [-0.2, 0) is 10.0 Å². The summed E-state index contributed by atoms with van der Waals surface area (Å²) in [4.78, 5) is 25.6. The molecule has 1 amide bonds. The van der Waals surface area contributed by atoms with E-state index in [4.69, 9.17) is 0 Å². The highest BCUT2D eigenvalue weighted by Gasteiger charge is 2.21. The van der Waals surface area contributed by atoms with E-state index < -0.39 is 21.9 Å². The number of carboxylic acids is 1. The van der Waals surface area contributed by atoms with Gasteiger partial charge in [0.25, 0.3) is 15.9 Å². The van der Waals surface area contributed by atoms with Crippen LogP contribution in [0.3, 0.4) is 0 Å². The van der Waals surface area contributed by atoms with Crippen LogP contribution in [0.4, 0.5) is 4.39 Å². The Bertz CT molecular complexity index is 1280. The van der Waals surface area contributed by atoms with Crippen LogP contribution in [-0.4, -0.2) is 30.0 Å². The second-order valence-electron chi connectivity index (χ2n) is 6.94. The maximum atomic E-state index is 13.2. The quantitative estimate of drug-likeness (QED) is 0.505. The molecule has 0 saturated heterocycles. The summed E-state index contributed by atoms with van der Waals surface area (Å²) in [6.07, 6.45) is 0. The zero-order chi connectivity index (χ0) is 22.9. The number of hydrazine groups is 1. The van der Waals surface area contributed by atoms with Crippen LogP contribution in [0.5, 0.6) is 0 Å². The van der Waals surface area contributed by atoms with E-state index in [2.05, 4.69) is 5.43 Å². The molecule has 0 aliphatic carbocycles. The largest absolute Gasteiger partial charge is 0.478 e. The van der Waals surface area contributed by atoms with Crippen LogP contribution in [0.15, 0.2) is 53.4 Å². The Morgan fingerprint density at radius 2 is 1.61 bits per heavy atom. The highest BCUT2D eigenvalue weighted by atomic mass is 32.2. The van der Waals surface area contributed by atoms with Gasteiger partial charge < -0.3 is 9.67 Å². The number of nitrogens with zero attached hydrogens (tertiary/aromatic N) is 1. The summed E-state index contributed by atoms with van der Waals surface area (Å²) >= 11 is 0. The molecule has 31 heavy (non-hydrogen) atoms. The molecule has 0 aliphatic rings. The zero-order valence-electron chi connectivity index (χ0n) is 16.9. The van der Waals surface area contributed by atoms with E-state index in [-0.39, 0.29) is 21.8 Å². The minimum Gasteiger partial charge on any atom is -0.478 e. The van der Waals surface area contributed by atoms with E-state index in [9.17, 15) is 27.5 Å². The summed E-state index contributed by atoms with van der Waals surface area (Å²) in [5.74, 6) is -2.34. The predicted octanol–water partition coefficient (Wildman–Crippen LogP) is 2.86. The molecule has 3 rings (SSSR count). The van der Waals surface area contributed by atoms with Crippen LogP contribution in [0, 0.1) is 26.6 Å². The number of halogens is 1. The van der Waals surface area contributed by atoms with Gasteiger partial charge in [0.05, 0.1) is 16.0 Å². The second kappa shape index (κ2) is 8.32. The summed E-state index contributed by atoms with van der Waals surface area (Å²) < 4.78 is 40.0. The molecule has 3 N–H and O–H groups in total. The van der Waals surface area contributed by atoms with Gasteiger partial charge in [0, 0.05) is 17.1 Å². The third-order valence-electron chi connectivity index (χ3n) is 4.81. The topological polar surface area (TPSA) is 118 Å². The lowest BCUT2D eigenvalue weighted by atomic mass is 10.1. The van der Waals surface area contributed by atoms with Crippen molar-refractivity contribution in [1.82, 2.24) is 14.8 Å². The van der Waals surface area contributed by atoms with Crippen molar-refractivity contribution < 1.29 is 27.5 Å². The number of hydrogen-bond acceptors (Lipinski definition) is 4. The van der Waals surface area contributed by atoms with Crippen molar-refractivity contribution in [1.29, 1.82) is 0 Å². The van der Waals surface area contributed by atoms with Crippen LogP contribution in [0.2, 0.25) is 0 Å². The minimum absolute atomic E-state index is 0.156. The van der Waals surface area contributed by atoms with E-state index in [1.54, 1.807) is 43.5 Å². The minimum atomic E-state index is -4.20. The van der Waals surface area contributed by atoms with Crippen molar-refractivity contribution >= 4 is 21.9 Å². The first-order chi connectivity index (χ1) is 14.5. The van der Waals surface area contributed by atoms with Gasteiger partial charge in [0.2, 0.25) is 0 Å². The molecule has 0 atom stereocenters. The SMILES string of the molecule is Cc1ccc(S(=O)(=O)NNC(=O)c2cc(C)n(-c3ccc(F)cc3)c2C)cc1C(=O)O. The lowest BCUT2D eigenvalue weighted by Gasteiger charge is -2.11. The van der Waals surface area contributed by atoms with Gasteiger partial charge >= 0.3 is 5.97 Å². The third kappa shape index (κ3) is 4.49. The van der Waals surface area contributed by atoms with E-state index in [1.807, 2.05) is 4.83 Å². The number of carboxylic acid groups (broad SMARTS) is 1. The summed E-state index contributed by atoms with van der Waals surface area (Å²) in [6, 6.07) is 11.0. The van der Waals surface area contributed by atoms with Gasteiger partial charge in [0.15, 0.2) is 0 Å². The Hall–Kier alpha value is -3.50. The number of carbonyl (C=O) groups excluding carboxylic acids is 1. The van der Waals surface area contributed by atoms with Crippen molar-refractivity contribution in [2.75, 3.05) is 0 Å². The van der Waals surface area contributed by atoms with E-state index in [1.165, 1.54) is 24.3 Å². The monoisotopic (exact) mass is 445 g/mol. The number of rotatable bonds is 6. The number of amides is 1. The Balaban J connectivity index is 1.83. The molecule has 0 spiro atoms. The number of aryl methyl sites for hydroxylation is 2. The summed E-state index contributed by atoms with van der Waals surface area (Å²) in [6.45, 7) is 4.99. The lowest BCUT2D eigenvalue weighted by Crippen LogP contribution is -2.41. The molecule has 0 fully saturated rings. The summed E-state index contributed by atoms with van der Waals surface area (Å²) in [5, 5.41) is 9.18. The molecule has 2 aromatic carbocycles. The van der Waals surface area contributed by atoms with Crippen molar-refractivity contribution in [2.45, 2.75) is 25.7 Å².